The van der Waals surface area contributed by atoms with Crippen molar-refractivity contribution >= 4 is 27.5 Å². The Morgan fingerprint density at radius 2 is 2.09 bits per heavy atom. The molecule has 1 unspecified atom stereocenters. The summed E-state index contributed by atoms with van der Waals surface area (Å²) in [5, 5.41) is 11.6. The lowest BCUT2D eigenvalue weighted by Crippen LogP contribution is -2.47. The summed E-state index contributed by atoms with van der Waals surface area (Å²) >= 11 is 1.47. The molecule has 118 valence electrons. The summed E-state index contributed by atoms with van der Waals surface area (Å²) in [7, 11) is -3.02. The van der Waals surface area contributed by atoms with E-state index in [0.717, 1.165) is 5.56 Å². The maximum atomic E-state index is 11.9. The van der Waals surface area contributed by atoms with Gasteiger partial charge in [0.1, 0.15) is 0 Å². The van der Waals surface area contributed by atoms with Gasteiger partial charge in [-0.2, -0.15) is 5.26 Å². The van der Waals surface area contributed by atoms with Crippen molar-refractivity contribution in [3.63, 3.8) is 0 Å². The van der Waals surface area contributed by atoms with Gasteiger partial charge in [0.05, 0.1) is 34.4 Å². The fraction of sp³-hybridized carbons (Fsp3) is 0.467. The smallest absolute Gasteiger partial charge is 0.230 e. The largest absolute Gasteiger partial charge is 0.349 e. The second kappa shape index (κ2) is 6.71. The summed E-state index contributed by atoms with van der Waals surface area (Å²) in [6.45, 7) is 1.78. The first-order valence-corrected chi connectivity index (χ1v) is 9.88. The van der Waals surface area contributed by atoms with Gasteiger partial charge in [0.25, 0.3) is 0 Å². The fourth-order valence-electron chi connectivity index (χ4n) is 2.42. The van der Waals surface area contributed by atoms with Crippen LogP contribution in [0.15, 0.2) is 24.3 Å². The van der Waals surface area contributed by atoms with Gasteiger partial charge in [0.2, 0.25) is 5.91 Å². The van der Waals surface area contributed by atoms with Gasteiger partial charge in [-0.3, -0.25) is 4.79 Å². The molecule has 2 rings (SSSR count). The SMILES string of the molecule is CC1(NC(=O)CSCc2ccc(C#N)cc2)CCS(=O)(=O)C1. The number of benzene rings is 1. The summed E-state index contributed by atoms with van der Waals surface area (Å²) < 4.78 is 23.0. The number of carbonyl (C=O) groups excluding carboxylic acids is 1. The number of nitrogens with zero attached hydrogens (tertiary/aromatic N) is 1. The van der Waals surface area contributed by atoms with E-state index < -0.39 is 15.4 Å². The molecule has 1 heterocycles. The van der Waals surface area contributed by atoms with E-state index >= 15 is 0 Å². The van der Waals surface area contributed by atoms with E-state index in [4.69, 9.17) is 5.26 Å². The van der Waals surface area contributed by atoms with Crippen LogP contribution in [0.2, 0.25) is 0 Å². The van der Waals surface area contributed by atoms with Gasteiger partial charge in [-0.15, -0.1) is 11.8 Å². The first-order valence-electron chi connectivity index (χ1n) is 6.90. The maximum Gasteiger partial charge on any atom is 0.230 e. The molecule has 7 heteroatoms. The van der Waals surface area contributed by atoms with Crippen LogP contribution in [0.1, 0.15) is 24.5 Å². The van der Waals surface area contributed by atoms with Crippen LogP contribution in [-0.2, 0) is 20.4 Å². The predicted molar refractivity (Wildman–Crippen MR) is 87.1 cm³/mol. The highest BCUT2D eigenvalue weighted by molar-refractivity contribution is 7.99. The number of rotatable bonds is 5. The van der Waals surface area contributed by atoms with Crippen molar-refractivity contribution in [2.45, 2.75) is 24.6 Å². The van der Waals surface area contributed by atoms with Crippen LogP contribution in [0.25, 0.3) is 0 Å². The van der Waals surface area contributed by atoms with Crippen LogP contribution in [0.4, 0.5) is 0 Å². The molecule has 1 saturated heterocycles. The highest BCUT2D eigenvalue weighted by atomic mass is 32.2. The van der Waals surface area contributed by atoms with Crippen LogP contribution in [0.5, 0.6) is 0 Å². The third-order valence-corrected chi connectivity index (χ3v) is 6.44. The highest BCUT2D eigenvalue weighted by Gasteiger charge is 2.39. The third-order valence-electron chi connectivity index (χ3n) is 3.53. The molecule has 1 aliphatic rings. The van der Waals surface area contributed by atoms with Crippen LogP contribution in [-0.4, -0.2) is 37.1 Å². The second-order valence-electron chi connectivity index (χ2n) is 5.75. The number of amides is 1. The monoisotopic (exact) mass is 338 g/mol. The van der Waals surface area contributed by atoms with Crippen LogP contribution >= 0.6 is 11.8 Å². The van der Waals surface area contributed by atoms with Crippen molar-refractivity contribution in [1.82, 2.24) is 5.32 Å². The summed E-state index contributed by atoms with van der Waals surface area (Å²) in [6, 6.07) is 9.30. The molecular weight excluding hydrogens is 320 g/mol. The molecule has 22 heavy (non-hydrogen) atoms. The van der Waals surface area contributed by atoms with Gasteiger partial charge in [0, 0.05) is 5.75 Å². The molecule has 0 radical (unpaired) electrons. The van der Waals surface area contributed by atoms with E-state index in [-0.39, 0.29) is 23.2 Å². The first kappa shape index (κ1) is 16.8. The van der Waals surface area contributed by atoms with Crippen molar-refractivity contribution < 1.29 is 13.2 Å². The zero-order chi connectivity index (χ0) is 16.2. The van der Waals surface area contributed by atoms with Crippen LogP contribution in [0.3, 0.4) is 0 Å². The lowest BCUT2D eigenvalue weighted by Gasteiger charge is -2.23. The molecule has 1 N–H and O–H groups in total. The van der Waals surface area contributed by atoms with Crippen LogP contribution in [0, 0.1) is 11.3 Å². The van der Waals surface area contributed by atoms with E-state index in [1.54, 1.807) is 19.1 Å². The fourth-order valence-corrected chi connectivity index (χ4v) is 5.30. The normalized spacial score (nSPS) is 22.9. The summed E-state index contributed by atoms with van der Waals surface area (Å²) in [5.74, 6) is 0.982. The minimum atomic E-state index is -3.02. The number of thioether (sulfide) groups is 1. The molecule has 0 bridgehead atoms. The van der Waals surface area contributed by atoms with E-state index in [1.807, 2.05) is 12.1 Å². The molecule has 1 aromatic carbocycles. The van der Waals surface area contributed by atoms with Gasteiger partial charge < -0.3 is 5.32 Å². The molecule has 0 aromatic heterocycles. The first-order chi connectivity index (χ1) is 10.3. The van der Waals surface area contributed by atoms with E-state index in [0.29, 0.717) is 17.7 Å². The Balaban J connectivity index is 1.77. The highest BCUT2D eigenvalue weighted by Crippen LogP contribution is 2.23. The molecule has 1 atom stereocenters. The third kappa shape index (κ3) is 4.75. The Bertz CT molecular complexity index is 692. The van der Waals surface area contributed by atoms with Crippen molar-refractivity contribution in [3.8, 4) is 6.07 Å². The molecule has 0 aliphatic carbocycles. The number of hydrogen-bond acceptors (Lipinski definition) is 5. The van der Waals surface area contributed by atoms with Gasteiger partial charge in [0.15, 0.2) is 9.84 Å². The van der Waals surface area contributed by atoms with Gasteiger partial charge >= 0.3 is 0 Å². The summed E-state index contributed by atoms with van der Waals surface area (Å²) in [5.41, 5.74) is 1.03. The Labute approximate surface area is 135 Å². The molecule has 1 fully saturated rings. The number of carbonyl (C=O) groups is 1. The molecule has 5 nitrogen and oxygen atoms in total. The molecule has 0 saturated carbocycles. The Morgan fingerprint density at radius 3 is 2.64 bits per heavy atom. The van der Waals surface area contributed by atoms with E-state index in [1.165, 1.54) is 11.8 Å². The average Bonchev–Trinajstić information content (AvgIpc) is 2.73. The number of hydrogen-bond donors (Lipinski definition) is 1. The Kier molecular flexibility index (Phi) is 5.14. The number of nitrogens with one attached hydrogen (secondary N) is 1. The minimum Gasteiger partial charge on any atom is -0.349 e. The molecule has 0 spiro atoms. The maximum absolute atomic E-state index is 11.9. The summed E-state index contributed by atoms with van der Waals surface area (Å²) in [4.78, 5) is 11.9. The van der Waals surface area contributed by atoms with Crippen molar-refractivity contribution in [1.29, 1.82) is 5.26 Å². The van der Waals surface area contributed by atoms with Crippen molar-refractivity contribution in [3.05, 3.63) is 35.4 Å². The van der Waals surface area contributed by atoms with Crippen molar-refractivity contribution in [2.75, 3.05) is 17.3 Å². The predicted octanol–water partition coefficient (Wildman–Crippen LogP) is 1.48. The Hall–Kier alpha value is -1.52. The Morgan fingerprint density at radius 1 is 1.41 bits per heavy atom. The van der Waals surface area contributed by atoms with Crippen LogP contribution < -0.4 is 5.32 Å². The zero-order valence-corrected chi connectivity index (χ0v) is 14.0. The summed E-state index contributed by atoms with van der Waals surface area (Å²) in [6.07, 6.45) is 0.474. The molecular formula is C15H18N2O3S2. The van der Waals surface area contributed by atoms with E-state index in [9.17, 15) is 13.2 Å². The van der Waals surface area contributed by atoms with Gasteiger partial charge in [-0.1, -0.05) is 12.1 Å². The average molecular weight is 338 g/mol. The lowest BCUT2D eigenvalue weighted by atomic mass is 10.0. The van der Waals surface area contributed by atoms with Gasteiger partial charge in [-0.25, -0.2) is 8.42 Å². The molecule has 1 amide bonds. The number of nitriles is 1. The zero-order valence-electron chi connectivity index (χ0n) is 12.3. The van der Waals surface area contributed by atoms with Gasteiger partial charge in [-0.05, 0) is 31.0 Å². The number of sulfone groups is 1. The second-order valence-corrected chi connectivity index (χ2v) is 8.92. The lowest BCUT2D eigenvalue weighted by molar-refractivity contribution is -0.120. The molecule has 1 aliphatic heterocycles. The molecule has 1 aromatic rings. The quantitative estimate of drug-likeness (QED) is 0.879. The topological polar surface area (TPSA) is 87.0 Å². The van der Waals surface area contributed by atoms with E-state index in [2.05, 4.69) is 11.4 Å². The standard InChI is InChI=1S/C15H18N2O3S2/c1-15(6-7-22(19,20)11-15)17-14(18)10-21-9-13-4-2-12(8-16)3-5-13/h2-5H,6-7,9-11H2,1H3,(H,17,18). The minimum absolute atomic E-state index is 0.0199. The van der Waals surface area contributed by atoms with Crippen molar-refractivity contribution in [2.24, 2.45) is 0 Å².